The van der Waals surface area contributed by atoms with E-state index in [9.17, 15) is 4.79 Å². The van der Waals surface area contributed by atoms with Crippen LogP contribution in [0.5, 0.6) is 0 Å². The van der Waals surface area contributed by atoms with Crippen LogP contribution in [0.3, 0.4) is 0 Å². The second-order valence-corrected chi connectivity index (χ2v) is 6.36. The normalized spacial score (nSPS) is 12.6. The second-order valence-electron chi connectivity index (χ2n) is 5.34. The number of nitrogens with zero attached hydrogens (tertiary/aromatic N) is 2. The SMILES string of the molecule is CC(=O)N/C(=C/C/C(Cl)=C(\C)Cl)c1cc(-c2cccnc2)cnc1N. The fraction of sp³-hybridized carbons (Fsp3) is 0.167. The van der Waals surface area contributed by atoms with Crippen LogP contribution in [-0.4, -0.2) is 15.9 Å². The molecular weight excluding hydrogens is 359 g/mol. The molecule has 0 unspecified atom stereocenters. The average molecular weight is 377 g/mol. The minimum absolute atomic E-state index is 0.222. The Morgan fingerprint density at radius 3 is 2.64 bits per heavy atom. The van der Waals surface area contributed by atoms with Gasteiger partial charge in [-0.2, -0.15) is 0 Å². The van der Waals surface area contributed by atoms with Crippen molar-refractivity contribution in [3.8, 4) is 11.1 Å². The van der Waals surface area contributed by atoms with Crippen molar-refractivity contribution in [2.24, 2.45) is 0 Å². The molecular formula is C18H18Cl2N4O. The zero-order valence-electron chi connectivity index (χ0n) is 13.9. The maximum Gasteiger partial charge on any atom is 0.221 e. The largest absolute Gasteiger partial charge is 0.383 e. The molecule has 0 saturated heterocycles. The number of hydrogen-bond donors (Lipinski definition) is 2. The van der Waals surface area contributed by atoms with Gasteiger partial charge in [0.1, 0.15) is 5.82 Å². The standard InChI is InChI=1S/C18H18Cl2N4O/c1-11(19)16(20)5-6-17(24-12(2)25)15-8-14(10-23-18(15)21)13-4-3-7-22-9-13/h3-4,6-10H,5H2,1-2H3,(H2,21,23)(H,24,25)/b16-11-,17-6+. The summed E-state index contributed by atoms with van der Waals surface area (Å²) in [5.74, 6) is 0.0791. The Hall–Kier alpha value is -2.37. The lowest BCUT2D eigenvalue weighted by molar-refractivity contribution is -0.117. The molecule has 0 aliphatic rings. The monoisotopic (exact) mass is 376 g/mol. The molecule has 0 saturated carbocycles. The number of halogens is 2. The first-order chi connectivity index (χ1) is 11.9. The van der Waals surface area contributed by atoms with Gasteiger partial charge in [-0.25, -0.2) is 4.98 Å². The van der Waals surface area contributed by atoms with Crippen LogP contribution in [0, 0.1) is 0 Å². The minimum atomic E-state index is -0.222. The van der Waals surface area contributed by atoms with Gasteiger partial charge in [-0.3, -0.25) is 9.78 Å². The van der Waals surface area contributed by atoms with Gasteiger partial charge in [0, 0.05) is 64.4 Å². The lowest BCUT2D eigenvalue weighted by atomic mass is 10.0. The van der Waals surface area contributed by atoms with Crippen molar-refractivity contribution >= 4 is 40.6 Å². The number of anilines is 1. The molecule has 0 aromatic carbocycles. The molecule has 2 rings (SSSR count). The van der Waals surface area contributed by atoms with Gasteiger partial charge in [-0.1, -0.05) is 35.3 Å². The minimum Gasteiger partial charge on any atom is -0.383 e. The molecule has 2 aromatic rings. The Morgan fingerprint density at radius 1 is 1.28 bits per heavy atom. The summed E-state index contributed by atoms with van der Waals surface area (Å²) in [5.41, 5.74) is 8.89. The zero-order chi connectivity index (χ0) is 18.4. The molecule has 2 heterocycles. The molecule has 7 heteroatoms. The molecule has 0 aliphatic heterocycles. The van der Waals surface area contributed by atoms with Gasteiger partial charge >= 0.3 is 0 Å². The number of nitrogens with one attached hydrogen (secondary N) is 1. The Balaban J connectivity index is 2.47. The van der Waals surface area contributed by atoms with Crippen LogP contribution in [0.4, 0.5) is 5.82 Å². The van der Waals surface area contributed by atoms with Crippen LogP contribution in [0.15, 0.2) is 52.9 Å². The van der Waals surface area contributed by atoms with Crippen molar-refractivity contribution in [3.63, 3.8) is 0 Å². The molecule has 2 aromatic heterocycles. The Bertz CT molecular complexity index is 828. The highest BCUT2D eigenvalue weighted by Crippen LogP contribution is 2.27. The molecule has 3 N–H and O–H groups in total. The quantitative estimate of drug-likeness (QED) is 0.814. The Morgan fingerprint density at radius 2 is 2.04 bits per heavy atom. The van der Waals surface area contributed by atoms with Crippen molar-refractivity contribution in [1.29, 1.82) is 0 Å². The predicted molar refractivity (Wildman–Crippen MR) is 103 cm³/mol. The Kier molecular flexibility index (Phi) is 6.56. The molecule has 0 fully saturated rings. The van der Waals surface area contributed by atoms with Crippen LogP contribution >= 0.6 is 23.2 Å². The van der Waals surface area contributed by atoms with Crippen molar-refractivity contribution in [2.75, 3.05) is 5.73 Å². The van der Waals surface area contributed by atoms with Crippen molar-refractivity contribution in [3.05, 3.63) is 58.5 Å². The van der Waals surface area contributed by atoms with Crippen LogP contribution in [0.2, 0.25) is 0 Å². The summed E-state index contributed by atoms with van der Waals surface area (Å²) in [6.45, 7) is 3.13. The summed E-state index contributed by atoms with van der Waals surface area (Å²) in [5, 5.41) is 3.75. The number of nitrogen functional groups attached to an aromatic ring is 1. The number of allylic oxidation sites excluding steroid dienone is 3. The summed E-state index contributed by atoms with van der Waals surface area (Å²) >= 11 is 12.0. The predicted octanol–water partition coefficient (Wildman–Crippen LogP) is 4.30. The highest BCUT2D eigenvalue weighted by molar-refractivity contribution is 6.38. The van der Waals surface area contributed by atoms with E-state index in [-0.39, 0.29) is 5.91 Å². The molecule has 5 nitrogen and oxygen atoms in total. The fourth-order valence-corrected chi connectivity index (χ4v) is 2.29. The Labute approximate surface area is 156 Å². The first-order valence-electron chi connectivity index (χ1n) is 7.53. The van der Waals surface area contributed by atoms with Crippen molar-refractivity contribution < 1.29 is 4.79 Å². The van der Waals surface area contributed by atoms with Gasteiger partial charge in [0.2, 0.25) is 5.91 Å². The van der Waals surface area contributed by atoms with E-state index in [2.05, 4.69) is 15.3 Å². The zero-order valence-corrected chi connectivity index (χ0v) is 15.4. The topological polar surface area (TPSA) is 80.9 Å². The van der Waals surface area contributed by atoms with E-state index >= 15 is 0 Å². The molecule has 0 spiro atoms. The van der Waals surface area contributed by atoms with Gasteiger partial charge in [0.05, 0.1) is 0 Å². The van der Waals surface area contributed by atoms with Gasteiger partial charge in [-0.05, 0) is 19.1 Å². The van der Waals surface area contributed by atoms with E-state index in [1.165, 1.54) is 6.92 Å². The third kappa shape index (κ3) is 5.31. The number of rotatable bonds is 5. The molecule has 0 atom stereocenters. The van der Waals surface area contributed by atoms with Crippen LogP contribution < -0.4 is 11.1 Å². The number of amides is 1. The van der Waals surface area contributed by atoms with Gasteiger partial charge in [0.25, 0.3) is 0 Å². The smallest absolute Gasteiger partial charge is 0.221 e. The first-order valence-corrected chi connectivity index (χ1v) is 8.29. The summed E-state index contributed by atoms with van der Waals surface area (Å²) in [6.07, 6.45) is 7.21. The van der Waals surface area contributed by atoms with Crippen LogP contribution in [-0.2, 0) is 4.79 Å². The van der Waals surface area contributed by atoms with Crippen LogP contribution in [0.25, 0.3) is 16.8 Å². The lowest BCUT2D eigenvalue weighted by Crippen LogP contribution is -2.19. The third-order valence-corrected chi connectivity index (χ3v) is 4.14. The van der Waals surface area contributed by atoms with E-state index in [1.54, 1.807) is 31.6 Å². The van der Waals surface area contributed by atoms with E-state index in [4.69, 9.17) is 28.9 Å². The van der Waals surface area contributed by atoms with Crippen molar-refractivity contribution in [1.82, 2.24) is 15.3 Å². The summed E-state index contributed by atoms with van der Waals surface area (Å²) < 4.78 is 0. The van der Waals surface area contributed by atoms with Gasteiger partial charge in [0.15, 0.2) is 0 Å². The van der Waals surface area contributed by atoms with Gasteiger partial charge in [-0.15, -0.1) is 0 Å². The number of carbonyl (C=O) groups is 1. The molecule has 25 heavy (non-hydrogen) atoms. The summed E-state index contributed by atoms with van der Waals surface area (Å²) in [7, 11) is 0. The van der Waals surface area contributed by atoms with E-state index < -0.39 is 0 Å². The summed E-state index contributed by atoms with van der Waals surface area (Å²) in [4.78, 5) is 19.9. The lowest BCUT2D eigenvalue weighted by Gasteiger charge is -2.13. The highest BCUT2D eigenvalue weighted by atomic mass is 35.5. The van der Waals surface area contributed by atoms with Crippen molar-refractivity contribution in [2.45, 2.75) is 20.3 Å². The number of pyridine rings is 2. The number of hydrogen-bond acceptors (Lipinski definition) is 4. The highest BCUT2D eigenvalue weighted by Gasteiger charge is 2.11. The first kappa shape index (κ1) is 19.0. The molecule has 0 aliphatic carbocycles. The molecule has 130 valence electrons. The summed E-state index contributed by atoms with van der Waals surface area (Å²) in [6, 6.07) is 5.61. The number of carbonyl (C=O) groups excluding carboxylic acids is 1. The van der Waals surface area contributed by atoms with Gasteiger partial charge < -0.3 is 11.1 Å². The average Bonchev–Trinajstić information content (AvgIpc) is 2.59. The molecule has 1 amide bonds. The van der Waals surface area contributed by atoms with E-state index in [0.29, 0.717) is 33.6 Å². The maximum absolute atomic E-state index is 11.6. The number of aromatic nitrogens is 2. The maximum atomic E-state index is 11.6. The van der Waals surface area contributed by atoms with E-state index in [1.807, 2.05) is 18.2 Å². The second kappa shape index (κ2) is 8.65. The molecule has 0 bridgehead atoms. The van der Waals surface area contributed by atoms with E-state index in [0.717, 1.165) is 11.1 Å². The molecule has 0 radical (unpaired) electrons. The fourth-order valence-electron chi connectivity index (χ4n) is 2.13. The third-order valence-electron chi connectivity index (χ3n) is 3.37. The number of nitrogens with two attached hydrogens (primary N) is 1. The van der Waals surface area contributed by atoms with Crippen LogP contribution in [0.1, 0.15) is 25.8 Å².